The van der Waals surface area contributed by atoms with Gasteiger partial charge >= 0.3 is 0 Å². The van der Waals surface area contributed by atoms with E-state index < -0.39 is 10.8 Å². The summed E-state index contributed by atoms with van der Waals surface area (Å²) in [5, 5.41) is 10.9. The van der Waals surface area contributed by atoms with Crippen LogP contribution in [-0.4, -0.2) is 29.5 Å². The number of carbonyl (C=O) groups is 1. The molecule has 2 heterocycles. The predicted molar refractivity (Wildman–Crippen MR) is 87.2 cm³/mol. The quantitative estimate of drug-likeness (QED) is 0.675. The lowest BCUT2D eigenvalue weighted by atomic mass is 9.98. The predicted octanol–water partition coefficient (Wildman–Crippen LogP) is 1.66. The molecule has 0 spiro atoms. The second-order valence-electron chi connectivity index (χ2n) is 5.46. The van der Waals surface area contributed by atoms with Crippen LogP contribution in [0.2, 0.25) is 0 Å². The molecular weight excluding hydrogens is 312 g/mol. The third-order valence-electron chi connectivity index (χ3n) is 4.07. The van der Waals surface area contributed by atoms with Crippen molar-refractivity contribution in [3.05, 3.63) is 57.3 Å². The van der Waals surface area contributed by atoms with Crippen molar-refractivity contribution < 1.29 is 14.5 Å². The van der Waals surface area contributed by atoms with E-state index in [2.05, 4.69) is 4.98 Å². The van der Waals surface area contributed by atoms with Gasteiger partial charge in [0.05, 0.1) is 17.6 Å². The van der Waals surface area contributed by atoms with E-state index >= 15 is 0 Å². The van der Waals surface area contributed by atoms with Gasteiger partial charge in [0.1, 0.15) is 17.8 Å². The van der Waals surface area contributed by atoms with Crippen molar-refractivity contribution in [2.75, 3.05) is 18.6 Å². The number of anilines is 1. The van der Waals surface area contributed by atoms with Crippen LogP contribution in [0, 0.1) is 10.1 Å². The third kappa shape index (κ3) is 2.73. The Morgan fingerprint density at radius 3 is 2.92 bits per heavy atom. The molecular formula is C16H16N4O4. The number of methoxy groups -OCH3 is 1. The minimum atomic E-state index is -0.738. The van der Waals surface area contributed by atoms with Crippen molar-refractivity contribution in [3.63, 3.8) is 0 Å². The average Bonchev–Trinajstić information content (AvgIpc) is 2.60. The van der Waals surface area contributed by atoms with Gasteiger partial charge in [0.2, 0.25) is 0 Å². The van der Waals surface area contributed by atoms with Crippen LogP contribution >= 0.6 is 0 Å². The Balaban J connectivity index is 1.98. The summed E-state index contributed by atoms with van der Waals surface area (Å²) < 4.78 is 5.37. The molecule has 0 saturated heterocycles. The van der Waals surface area contributed by atoms with E-state index in [1.807, 2.05) is 23.1 Å². The molecule has 0 radical (unpaired) electrons. The second-order valence-corrected chi connectivity index (χ2v) is 5.46. The van der Waals surface area contributed by atoms with Gasteiger partial charge in [-0.15, -0.1) is 0 Å². The van der Waals surface area contributed by atoms with Crippen LogP contribution in [0.3, 0.4) is 0 Å². The third-order valence-corrected chi connectivity index (χ3v) is 4.07. The first-order valence-corrected chi connectivity index (χ1v) is 7.35. The molecule has 124 valence electrons. The fourth-order valence-electron chi connectivity index (χ4n) is 2.93. The molecule has 2 aromatic rings. The summed E-state index contributed by atoms with van der Waals surface area (Å²) in [6, 6.07) is 6.97. The molecule has 1 aromatic heterocycles. The number of hydrogen-bond donors (Lipinski definition) is 1. The molecule has 24 heavy (non-hydrogen) atoms. The number of benzene rings is 1. The van der Waals surface area contributed by atoms with E-state index in [-0.39, 0.29) is 11.3 Å². The molecule has 0 bridgehead atoms. The van der Waals surface area contributed by atoms with Crippen LogP contribution in [0.5, 0.6) is 5.75 Å². The van der Waals surface area contributed by atoms with Crippen molar-refractivity contribution in [3.8, 4) is 5.75 Å². The van der Waals surface area contributed by atoms with Crippen molar-refractivity contribution >= 4 is 17.4 Å². The number of pyridine rings is 1. The molecule has 2 N–H and O–H groups in total. The summed E-state index contributed by atoms with van der Waals surface area (Å²) >= 11 is 0. The van der Waals surface area contributed by atoms with Crippen LogP contribution < -0.4 is 15.4 Å². The zero-order chi connectivity index (χ0) is 17.3. The lowest BCUT2D eigenvalue weighted by molar-refractivity contribution is -0.385. The number of ether oxygens (including phenoxy) is 1. The van der Waals surface area contributed by atoms with E-state index in [9.17, 15) is 14.9 Å². The van der Waals surface area contributed by atoms with Gasteiger partial charge in [-0.05, 0) is 18.1 Å². The van der Waals surface area contributed by atoms with E-state index in [1.165, 1.54) is 6.07 Å². The van der Waals surface area contributed by atoms with Crippen molar-refractivity contribution in [2.24, 2.45) is 5.73 Å². The number of fused-ring (bicyclic) bond motifs is 1. The van der Waals surface area contributed by atoms with E-state index in [0.29, 0.717) is 18.9 Å². The molecule has 8 heteroatoms. The number of amides is 1. The van der Waals surface area contributed by atoms with Crippen LogP contribution in [0.4, 0.5) is 11.5 Å². The maximum atomic E-state index is 11.7. The summed E-state index contributed by atoms with van der Waals surface area (Å²) in [6.45, 7) is 1.14. The Bertz CT molecular complexity index is 822. The maximum Gasteiger partial charge on any atom is 0.288 e. The summed E-state index contributed by atoms with van der Waals surface area (Å²) in [5.74, 6) is 0.457. The monoisotopic (exact) mass is 328 g/mol. The second kappa shape index (κ2) is 6.15. The van der Waals surface area contributed by atoms with Crippen LogP contribution in [-0.2, 0) is 13.0 Å². The SMILES string of the molecule is COc1cccc2c1CCN(c1ncc([N+](=O)[O-])cc1C(N)=O)C2. The lowest BCUT2D eigenvalue weighted by Gasteiger charge is -2.31. The molecule has 1 amide bonds. The van der Waals surface area contributed by atoms with Crippen LogP contribution in [0.25, 0.3) is 0 Å². The number of carbonyl (C=O) groups excluding carboxylic acids is 1. The number of rotatable bonds is 4. The van der Waals surface area contributed by atoms with E-state index in [0.717, 1.165) is 29.5 Å². The molecule has 0 aliphatic carbocycles. The minimum Gasteiger partial charge on any atom is -0.496 e. The van der Waals surface area contributed by atoms with Crippen LogP contribution in [0.15, 0.2) is 30.5 Å². The highest BCUT2D eigenvalue weighted by atomic mass is 16.6. The van der Waals surface area contributed by atoms with Crippen molar-refractivity contribution in [2.45, 2.75) is 13.0 Å². The standard InChI is InChI=1S/C16H16N4O4/c1-24-14-4-2-3-10-9-19(6-5-12(10)14)16-13(15(17)21)7-11(8-18-16)20(22)23/h2-4,7-8H,5-6,9H2,1H3,(H2,17,21). The lowest BCUT2D eigenvalue weighted by Crippen LogP contribution is -2.33. The van der Waals surface area contributed by atoms with Crippen molar-refractivity contribution in [1.29, 1.82) is 0 Å². The van der Waals surface area contributed by atoms with E-state index in [1.54, 1.807) is 7.11 Å². The van der Waals surface area contributed by atoms with Gasteiger partial charge in [-0.2, -0.15) is 0 Å². The summed E-state index contributed by atoms with van der Waals surface area (Å²) in [6.07, 6.45) is 1.86. The zero-order valence-electron chi connectivity index (χ0n) is 13.1. The summed E-state index contributed by atoms with van der Waals surface area (Å²) in [7, 11) is 1.63. The fourth-order valence-corrected chi connectivity index (χ4v) is 2.93. The Morgan fingerprint density at radius 2 is 2.25 bits per heavy atom. The van der Waals surface area contributed by atoms with E-state index in [4.69, 9.17) is 10.5 Å². The van der Waals surface area contributed by atoms with Gasteiger partial charge in [-0.25, -0.2) is 4.98 Å². The molecule has 1 aliphatic heterocycles. The number of nitro groups is 1. The Labute approximate surface area is 138 Å². The Morgan fingerprint density at radius 1 is 1.46 bits per heavy atom. The molecule has 0 unspecified atom stereocenters. The molecule has 8 nitrogen and oxygen atoms in total. The van der Waals surface area contributed by atoms with Gasteiger partial charge in [0.25, 0.3) is 11.6 Å². The molecule has 0 saturated carbocycles. The minimum absolute atomic E-state index is 0.0514. The molecule has 1 aromatic carbocycles. The number of nitrogens with zero attached hydrogens (tertiary/aromatic N) is 3. The number of hydrogen-bond acceptors (Lipinski definition) is 6. The topological polar surface area (TPSA) is 112 Å². The number of aromatic nitrogens is 1. The van der Waals surface area contributed by atoms with Gasteiger partial charge in [0, 0.05) is 24.7 Å². The fraction of sp³-hybridized carbons (Fsp3) is 0.250. The number of nitrogens with two attached hydrogens (primary N) is 1. The molecule has 3 rings (SSSR count). The van der Waals surface area contributed by atoms with Crippen LogP contribution in [0.1, 0.15) is 21.5 Å². The Hall–Kier alpha value is -3.16. The first-order valence-electron chi connectivity index (χ1n) is 7.35. The highest BCUT2D eigenvalue weighted by Crippen LogP contribution is 2.31. The van der Waals surface area contributed by atoms with Gasteiger partial charge in [0.15, 0.2) is 0 Å². The molecule has 0 atom stereocenters. The highest BCUT2D eigenvalue weighted by Gasteiger charge is 2.25. The summed E-state index contributed by atoms with van der Waals surface area (Å²) in [5.41, 5.74) is 7.37. The van der Waals surface area contributed by atoms with Gasteiger partial charge in [-0.3, -0.25) is 14.9 Å². The first-order chi connectivity index (χ1) is 11.5. The maximum absolute atomic E-state index is 11.7. The smallest absolute Gasteiger partial charge is 0.288 e. The Kier molecular flexibility index (Phi) is 4.03. The van der Waals surface area contributed by atoms with Crippen molar-refractivity contribution in [1.82, 2.24) is 4.98 Å². The van der Waals surface area contributed by atoms with Gasteiger partial charge in [-0.1, -0.05) is 12.1 Å². The van der Waals surface area contributed by atoms with Gasteiger partial charge < -0.3 is 15.4 Å². The first kappa shape index (κ1) is 15.7. The number of primary amides is 1. The molecule has 0 fully saturated rings. The summed E-state index contributed by atoms with van der Waals surface area (Å²) in [4.78, 5) is 28.0. The average molecular weight is 328 g/mol. The zero-order valence-corrected chi connectivity index (χ0v) is 13.1. The largest absolute Gasteiger partial charge is 0.496 e. The molecule has 1 aliphatic rings. The highest BCUT2D eigenvalue weighted by molar-refractivity contribution is 5.98. The normalized spacial score (nSPS) is 13.3.